The van der Waals surface area contributed by atoms with Crippen molar-refractivity contribution in [1.29, 1.82) is 0 Å². The lowest BCUT2D eigenvalue weighted by Crippen LogP contribution is -2.26. The van der Waals surface area contributed by atoms with Gasteiger partial charge in [-0.15, -0.1) is 0 Å². The Labute approximate surface area is 150 Å². The predicted molar refractivity (Wildman–Crippen MR) is 101 cm³/mol. The summed E-state index contributed by atoms with van der Waals surface area (Å²) in [7, 11) is -2.04. The number of nitrogens with zero attached hydrogens (tertiary/aromatic N) is 1. The highest BCUT2D eigenvalue weighted by atomic mass is 32.2. The zero-order valence-corrected chi connectivity index (χ0v) is 15.7. The molecule has 0 aliphatic carbocycles. The summed E-state index contributed by atoms with van der Waals surface area (Å²) in [4.78, 5) is 0.262. The molecule has 2 aromatic carbocycles. The normalized spacial score (nSPS) is 14.4. The highest BCUT2D eigenvalue weighted by Crippen LogP contribution is 2.27. The zero-order valence-electron chi connectivity index (χ0n) is 14.9. The summed E-state index contributed by atoms with van der Waals surface area (Å²) in [6.45, 7) is 3.86. The van der Waals surface area contributed by atoms with Gasteiger partial charge in [-0.05, 0) is 31.0 Å². The Kier molecular flexibility index (Phi) is 6.03. The van der Waals surface area contributed by atoms with Crippen LogP contribution in [-0.4, -0.2) is 31.5 Å². The van der Waals surface area contributed by atoms with Gasteiger partial charge in [0.05, 0.1) is 11.5 Å². The van der Waals surface area contributed by atoms with Crippen LogP contribution >= 0.6 is 0 Å². The maximum atomic E-state index is 12.6. The van der Waals surface area contributed by atoms with Crippen molar-refractivity contribution in [2.24, 2.45) is 0 Å². The third kappa shape index (κ3) is 4.50. The van der Waals surface area contributed by atoms with Gasteiger partial charge in [0.2, 0.25) is 0 Å². The molecule has 0 amide bonds. The van der Waals surface area contributed by atoms with Gasteiger partial charge in [-0.2, -0.15) is 0 Å². The molecule has 0 spiro atoms. The Morgan fingerprint density at radius 3 is 2.24 bits per heavy atom. The number of aliphatic hydroxyl groups is 1. The van der Waals surface area contributed by atoms with E-state index >= 15 is 0 Å². The molecule has 5 heteroatoms. The molecule has 1 atom stereocenters. The molecule has 4 nitrogen and oxygen atoms in total. The van der Waals surface area contributed by atoms with Crippen LogP contribution in [0.4, 0.5) is 0 Å². The number of hydrogen-bond acceptors (Lipinski definition) is 3. The van der Waals surface area contributed by atoms with E-state index in [4.69, 9.17) is 0 Å². The molecule has 0 aromatic heterocycles. The van der Waals surface area contributed by atoms with Gasteiger partial charge in [-0.3, -0.25) is 4.31 Å². The Morgan fingerprint density at radius 1 is 1.08 bits per heavy atom. The average Bonchev–Trinajstić information content (AvgIpc) is 2.62. The lowest BCUT2D eigenvalue weighted by Gasteiger charge is -2.26. The van der Waals surface area contributed by atoms with Crippen molar-refractivity contribution >= 4 is 10.0 Å². The Hall–Kier alpha value is -2.11. The Balaban J connectivity index is 2.14. The van der Waals surface area contributed by atoms with E-state index < -0.39 is 15.4 Å². The minimum Gasteiger partial charge on any atom is -0.395 e. The van der Waals surface area contributed by atoms with Gasteiger partial charge in [0, 0.05) is 18.7 Å². The van der Waals surface area contributed by atoms with Crippen LogP contribution in [0.3, 0.4) is 0 Å². The summed E-state index contributed by atoms with van der Waals surface area (Å²) >= 11 is 0. The lowest BCUT2D eigenvalue weighted by atomic mass is 9.80. The molecule has 0 aliphatic rings. The number of aliphatic hydroxyl groups excluding tert-OH is 1. The summed E-state index contributed by atoms with van der Waals surface area (Å²) < 4.78 is 26.3. The summed E-state index contributed by atoms with van der Waals surface area (Å²) in [5, 5.41) is 9.80. The molecule has 1 N–H and O–H groups in total. The number of benzene rings is 2. The Bertz CT molecular complexity index is 814. The van der Waals surface area contributed by atoms with E-state index in [1.807, 2.05) is 44.2 Å². The van der Waals surface area contributed by atoms with Crippen molar-refractivity contribution in [2.45, 2.75) is 30.6 Å². The van der Waals surface area contributed by atoms with Crippen molar-refractivity contribution in [2.75, 3.05) is 13.7 Å². The van der Waals surface area contributed by atoms with E-state index in [0.29, 0.717) is 6.42 Å². The van der Waals surface area contributed by atoms with Crippen LogP contribution < -0.4 is 0 Å². The lowest BCUT2D eigenvalue weighted by molar-refractivity contribution is 0.206. The van der Waals surface area contributed by atoms with Crippen LogP contribution in [0.2, 0.25) is 0 Å². The third-order valence-electron chi connectivity index (χ3n) is 4.40. The fraction of sp³-hybridized carbons (Fsp3) is 0.300. The van der Waals surface area contributed by atoms with Gasteiger partial charge in [0.15, 0.2) is 0 Å². The van der Waals surface area contributed by atoms with Crippen LogP contribution in [0, 0.1) is 6.92 Å². The minimum atomic E-state index is -3.56. The highest BCUT2D eigenvalue weighted by molar-refractivity contribution is 7.89. The maximum Gasteiger partial charge on any atom is 0.263 e. The molecule has 0 bridgehead atoms. The third-order valence-corrected chi connectivity index (χ3v) is 6.15. The van der Waals surface area contributed by atoms with E-state index in [1.165, 1.54) is 11.4 Å². The summed E-state index contributed by atoms with van der Waals surface area (Å²) in [5.74, 6) is 0. The van der Waals surface area contributed by atoms with Crippen molar-refractivity contribution in [3.8, 4) is 0 Å². The molecule has 2 rings (SSSR count). The molecular formula is C20H25NO3S. The van der Waals surface area contributed by atoms with Crippen molar-refractivity contribution in [1.82, 2.24) is 4.31 Å². The molecule has 1 unspecified atom stereocenters. The van der Waals surface area contributed by atoms with E-state index in [0.717, 1.165) is 11.1 Å². The smallest absolute Gasteiger partial charge is 0.263 e. The minimum absolute atomic E-state index is 0.0181. The molecular weight excluding hydrogens is 334 g/mol. The SMILES string of the molecule is Cc1ccc(S(=O)(=O)N(C)/C=C/CC(C)(CO)c2ccccc2)cc1. The number of rotatable bonds is 7. The van der Waals surface area contributed by atoms with Gasteiger partial charge >= 0.3 is 0 Å². The van der Waals surface area contributed by atoms with Crippen LogP contribution in [0.5, 0.6) is 0 Å². The fourth-order valence-corrected chi connectivity index (χ4v) is 3.59. The number of sulfonamides is 1. The molecule has 0 heterocycles. The van der Waals surface area contributed by atoms with Gasteiger partial charge in [0.1, 0.15) is 0 Å². The van der Waals surface area contributed by atoms with E-state index in [1.54, 1.807) is 36.5 Å². The first-order valence-corrected chi connectivity index (χ1v) is 9.61. The zero-order chi connectivity index (χ0) is 18.5. The second-order valence-electron chi connectivity index (χ2n) is 6.51. The molecule has 0 fully saturated rings. The van der Waals surface area contributed by atoms with Crippen LogP contribution in [-0.2, 0) is 15.4 Å². The Morgan fingerprint density at radius 2 is 1.68 bits per heavy atom. The summed E-state index contributed by atoms with van der Waals surface area (Å²) in [6, 6.07) is 16.5. The van der Waals surface area contributed by atoms with Gasteiger partial charge < -0.3 is 5.11 Å². The average molecular weight is 359 g/mol. The first-order valence-electron chi connectivity index (χ1n) is 8.17. The van der Waals surface area contributed by atoms with Gasteiger partial charge in [-0.1, -0.05) is 61.0 Å². The first kappa shape index (κ1) is 19.2. The largest absolute Gasteiger partial charge is 0.395 e. The monoisotopic (exact) mass is 359 g/mol. The summed E-state index contributed by atoms with van der Waals surface area (Å²) in [6.07, 6.45) is 3.86. The number of allylic oxidation sites excluding steroid dienone is 1. The second-order valence-corrected chi connectivity index (χ2v) is 8.51. The number of hydrogen-bond donors (Lipinski definition) is 1. The molecule has 0 aliphatic heterocycles. The highest BCUT2D eigenvalue weighted by Gasteiger charge is 2.24. The van der Waals surface area contributed by atoms with E-state index in [9.17, 15) is 13.5 Å². The second kappa shape index (κ2) is 7.85. The molecule has 0 radical (unpaired) electrons. The quantitative estimate of drug-likeness (QED) is 0.823. The first-order chi connectivity index (χ1) is 11.8. The fourth-order valence-electron chi connectivity index (χ4n) is 2.53. The van der Waals surface area contributed by atoms with Gasteiger partial charge in [-0.25, -0.2) is 8.42 Å². The standard InChI is InChI=1S/C20H25NO3S/c1-17-10-12-19(13-11-17)25(23,24)21(3)15-7-14-20(2,16-22)18-8-5-4-6-9-18/h4-13,15,22H,14,16H2,1-3H3/b15-7+. The van der Waals surface area contributed by atoms with Crippen LogP contribution in [0.1, 0.15) is 24.5 Å². The van der Waals surface area contributed by atoms with Crippen molar-refractivity contribution < 1.29 is 13.5 Å². The maximum absolute atomic E-state index is 12.6. The molecule has 134 valence electrons. The van der Waals surface area contributed by atoms with Crippen LogP contribution in [0.15, 0.2) is 71.8 Å². The van der Waals surface area contributed by atoms with E-state index in [-0.39, 0.29) is 11.5 Å². The van der Waals surface area contributed by atoms with Crippen molar-refractivity contribution in [3.63, 3.8) is 0 Å². The van der Waals surface area contributed by atoms with Crippen molar-refractivity contribution in [3.05, 3.63) is 78.0 Å². The summed E-state index contributed by atoms with van der Waals surface area (Å²) in [5.41, 5.74) is 1.58. The molecule has 0 saturated heterocycles. The molecule has 2 aromatic rings. The molecule has 0 saturated carbocycles. The molecule has 25 heavy (non-hydrogen) atoms. The van der Waals surface area contributed by atoms with Gasteiger partial charge in [0.25, 0.3) is 10.0 Å². The topological polar surface area (TPSA) is 57.6 Å². The van der Waals surface area contributed by atoms with Crippen LogP contribution in [0.25, 0.3) is 0 Å². The van der Waals surface area contributed by atoms with E-state index in [2.05, 4.69) is 0 Å². The predicted octanol–water partition coefficient (Wildman–Crippen LogP) is 3.47. The number of aryl methyl sites for hydroxylation is 1.